The molecule has 18 heavy (non-hydrogen) atoms. The second-order valence-electron chi connectivity index (χ2n) is 4.08. The smallest absolute Gasteiger partial charge is 0.118 e. The van der Waals surface area contributed by atoms with Crippen molar-refractivity contribution in [1.29, 1.82) is 0 Å². The highest BCUT2D eigenvalue weighted by atomic mass is 79.9. The topological polar surface area (TPSA) is 21.3 Å². The minimum absolute atomic E-state index is 0.348. The summed E-state index contributed by atoms with van der Waals surface area (Å²) in [6.07, 6.45) is 0.976. The van der Waals surface area contributed by atoms with Gasteiger partial charge < -0.3 is 10.1 Å². The SMILES string of the molecule is CNC(Cc1ccc(OC)cc1)c1csc(Br)c1. The molecule has 0 amide bonds. The molecular formula is C14H16BrNOS. The van der Waals surface area contributed by atoms with E-state index in [0.717, 1.165) is 12.2 Å². The molecule has 4 heteroatoms. The molecule has 1 atom stereocenters. The van der Waals surface area contributed by atoms with E-state index in [1.807, 2.05) is 19.2 Å². The fourth-order valence-corrected chi connectivity index (χ4v) is 3.12. The van der Waals surface area contributed by atoms with Crippen LogP contribution in [0.15, 0.2) is 39.5 Å². The number of thiophene rings is 1. The van der Waals surface area contributed by atoms with Gasteiger partial charge in [0.1, 0.15) is 5.75 Å². The third-order valence-electron chi connectivity index (χ3n) is 2.94. The zero-order valence-corrected chi connectivity index (χ0v) is 12.8. The molecule has 1 aromatic heterocycles. The number of hydrogen-bond acceptors (Lipinski definition) is 3. The van der Waals surface area contributed by atoms with Gasteiger partial charge in [-0.25, -0.2) is 0 Å². The van der Waals surface area contributed by atoms with Crippen molar-refractivity contribution in [3.05, 3.63) is 50.6 Å². The number of likely N-dealkylation sites (N-methyl/N-ethyl adjacent to an activating group) is 1. The van der Waals surface area contributed by atoms with Crippen molar-refractivity contribution >= 4 is 27.3 Å². The van der Waals surface area contributed by atoms with Crippen molar-refractivity contribution in [3.8, 4) is 5.75 Å². The first-order chi connectivity index (χ1) is 8.72. The van der Waals surface area contributed by atoms with Crippen LogP contribution in [0.25, 0.3) is 0 Å². The molecule has 0 aliphatic rings. The Hall–Kier alpha value is -0.840. The first-order valence-corrected chi connectivity index (χ1v) is 7.44. The molecule has 0 spiro atoms. The quantitative estimate of drug-likeness (QED) is 0.896. The van der Waals surface area contributed by atoms with E-state index in [2.05, 4.69) is 44.8 Å². The van der Waals surface area contributed by atoms with Gasteiger partial charge in [-0.05, 0) is 64.1 Å². The molecule has 0 radical (unpaired) electrons. The lowest BCUT2D eigenvalue weighted by molar-refractivity contribution is 0.414. The van der Waals surface area contributed by atoms with Gasteiger partial charge in [0.2, 0.25) is 0 Å². The molecule has 1 unspecified atom stereocenters. The van der Waals surface area contributed by atoms with Crippen LogP contribution in [-0.4, -0.2) is 14.2 Å². The Kier molecular flexibility index (Phi) is 4.80. The largest absolute Gasteiger partial charge is 0.497 e. The van der Waals surface area contributed by atoms with Crippen LogP contribution < -0.4 is 10.1 Å². The Morgan fingerprint density at radius 1 is 1.33 bits per heavy atom. The van der Waals surface area contributed by atoms with E-state index < -0.39 is 0 Å². The number of methoxy groups -OCH3 is 1. The van der Waals surface area contributed by atoms with Crippen molar-refractivity contribution < 1.29 is 4.74 Å². The highest BCUT2D eigenvalue weighted by Gasteiger charge is 2.11. The third-order valence-corrected chi connectivity index (χ3v) is 4.46. The average molecular weight is 326 g/mol. The number of hydrogen-bond donors (Lipinski definition) is 1. The lowest BCUT2D eigenvalue weighted by atomic mass is 10.0. The zero-order valence-electron chi connectivity index (χ0n) is 10.4. The van der Waals surface area contributed by atoms with Crippen LogP contribution in [0.4, 0.5) is 0 Å². The number of rotatable bonds is 5. The highest BCUT2D eigenvalue weighted by Crippen LogP contribution is 2.27. The van der Waals surface area contributed by atoms with E-state index in [0.29, 0.717) is 6.04 Å². The number of benzene rings is 1. The molecule has 2 aromatic rings. The minimum atomic E-state index is 0.348. The Balaban J connectivity index is 2.10. The van der Waals surface area contributed by atoms with Crippen molar-refractivity contribution in [3.63, 3.8) is 0 Å². The lowest BCUT2D eigenvalue weighted by Crippen LogP contribution is -2.18. The number of halogens is 1. The Labute approximate surface area is 120 Å². The summed E-state index contributed by atoms with van der Waals surface area (Å²) in [6, 6.07) is 10.8. The average Bonchev–Trinajstić information content (AvgIpc) is 2.83. The van der Waals surface area contributed by atoms with Crippen LogP contribution in [0.5, 0.6) is 5.75 Å². The summed E-state index contributed by atoms with van der Waals surface area (Å²) in [4.78, 5) is 0. The van der Waals surface area contributed by atoms with Crippen LogP contribution in [0.3, 0.4) is 0 Å². The van der Waals surface area contributed by atoms with Crippen LogP contribution in [-0.2, 0) is 6.42 Å². The van der Waals surface area contributed by atoms with Crippen LogP contribution in [0, 0.1) is 0 Å². The molecule has 2 rings (SSSR count). The summed E-state index contributed by atoms with van der Waals surface area (Å²) in [6.45, 7) is 0. The minimum Gasteiger partial charge on any atom is -0.497 e. The van der Waals surface area contributed by atoms with E-state index in [-0.39, 0.29) is 0 Å². The first-order valence-electron chi connectivity index (χ1n) is 5.77. The Morgan fingerprint density at radius 2 is 2.06 bits per heavy atom. The first kappa shape index (κ1) is 13.6. The molecule has 96 valence electrons. The maximum Gasteiger partial charge on any atom is 0.118 e. The Bertz CT molecular complexity index is 495. The van der Waals surface area contributed by atoms with Crippen molar-refractivity contribution in [2.75, 3.05) is 14.2 Å². The van der Waals surface area contributed by atoms with E-state index in [1.165, 1.54) is 14.9 Å². The van der Waals surface area contributed by atoms with Gasteiger partial charge in [-0.2, -0.15) is 0 Å². The standard InChI is InChI=1S/C14H16BrNOS/c1-16-13(11-8-14(15)18-9-11)7-10-3-5-12(17-2)6-4-10/h3-6,8-9,13,16H,7H2,1-2H3. The van der Waals surface area contributed by atoms with Gasteiger partial charge >= 0.3 is 0 Å². The van der Waals surface area contributed by atoms with E-state index in [9.17, 15) is 0 Å². The van der Waals surface area contributed by atoms with Gasteiger partial charge in [0.15, 0.2) is 0 Å². The fourth-order valence-electron chi connectivity index (χ4n) is 1.89. The van der Waals surface area contributed by atoms with Crippen LogP contribution in [0.2, 0.25) is 0 Å². The second-order valence-corrected chi connectivity index (χ2v) is 6.37. The lowest BCUT2D eigenvalue weighted by Gasteiger charge is -2.15. The molecule has 2 nitrogen and oxygen atoms in total. The van der Waals surface area contributed by atoms with Gasteiger partial charge in [0.25, 0.3) is 0 Å². The van der Waals surface area contributed by atoms with Gasteiger partial charge in [-0.15, -0.1) is 11.3 Å². The van der Waals surface area contributed by atoms with Gasteiger partial charge in [0.05, 0.1) is 10.9 Å². The summed E-state index contributed by atoms with van der Waals surface area (Å²) in [5.41, 5.74) is 2.63. The number of ether oxygens (including phenoxy) is 1. The number of nitrogens with one attached hydrogen (secondary N) is 1. The molecule has 0 saturated heterocycles. The molecule has 1 heterocycles. The summed E-state index contributed by atoms with van der Waals surface area (Å²) in [5.74, 6) is 0.901. The maximum atomic E-state index is 5.17. The van der Waals surface area contributed by atoms with Crippen molar-refractivity contribution in [1.82, 2.24) is 5.32 Å². The van der Waals surface area contributed by atoms with Crippen molar-refractivity contribution in [2.24, 2.45) is 0 Å². The normalized spacial score (nSPS) is 12.4. The van der Waals surface area contributed by atoms with Gasteiger partial charge in [0, 0.05) is 6.04 Å². The van der Waals surface area contributed by atoms with Crippen LogP contribution >= 0.6 is 27.3 Å². The van der Waals surface area contributed by atoms with E-state index in [4.69, 9.17) is 4.74 Å². The monoisotopic (exact) mass is 325 g/mol. The molecule has 1 aromatic carbocycles. The zero-order chi connectivity index (χ0) is 13.0. The molecule has 0 aliphatic heterocycles. The molecule has 0 aliphatic carbocycles. The van der Waals surface area contributed by atoms with Gasteiger partial charge in [-0.3, -0.25) is 0 Å². The van der Waals surface area contributed by atoms with Gasteiger partial charge in [-0.1, -0.05) is 12.1 Å². The summed E-state index contributed by atoms with van der Waals surface area (Å²) in [5, 5.41) is 5.55. The van der Waals surface area contributed by atoms with Crippen LogP contribution in [0.1, 0.15) is 17.2 Å². The molecule has 0 bridgehead atoms. The van der Waals surface area contributed by atoms with Crippen molar-refractivity contribution in [2.45, 2.75) is 12.5 Å². The summed E-state index contributed by atoms with van der Waals surface area (Å²) >= 11 is 5.23. The summed E-state index contributed by atoms with van der Waals surface area (Å²) < 4.78 is 6.34. The maximum absolute atomic E-state index is 5.17. The third kappa shape index (κ3) is 3.34. The highest BCUT2D eigenvalue weighted by molar-refractivity contribution is 9.11. The second kappa shape index (κ2) is 6.36. The molecular weight excluding hydrogens is 310 g/mol. The van der Waals surface area contributed by atoms with E-state index in [1.54, 1.807) is 18.4 Å². The fraction of sp³-hybridized carbons (Fsp3) is 0.286. The molecule has 0 fully saturated rings. The Morgan fingerprint density at radius 3 is 2.56 bits per heavy atom. The summed E-state index contributed by atoms with van der Waals surface area (Å²) in [7, 11) is 3.69. The predicted molar refractivity (Wildman–Crippen MR) is 80.5 cm³/mol. The van der Waals surface area contributed by atoms with E-state index >= 15 is 0 Å². The molecule has 1 N–H and O–H groups in total. The predicted octanol–water partition coefficient (Wildman–Crippen LogP) is 4.02. The molecule has 0 saturated carbocycles.